The lowest BCUT2D eigenvalue weighted by Gasteiger charge is -2.36. The number of nitrogens with zero attached hydrogens (tertiary/aromatic N) is 1. The Labute approximate surface area is 360 Å². The highest BCUT2D eigenvalue weighted by Gasteiger charge is 2.51. The first kappa shape index (κ1) is 41.8. The van der Waals surface area contributed by atoms with E-state index in [1.807, 2.05) is 48.7 Å². The van der Waals surface area contributed by atoms with Crippen molar-refractivity contribution in [1.29, 1.82) is 0 Å². The molecule has 61 heavy (non-hydrogen) atoms. The Morgan fingerprint density at radius 1 is 1.08 bits per heavy atom. The number of hydrogen-bond donors (Lipinski definition) is 6. The Morgan fingerprint density at radius 3 is 2.74 bits per heavy atom. The van der Waals surface area contributed by atoms with E-state index in [2.05, 4.69) is 49.2 Å². The van der Waals surface area contributed by atoms with Gasteiger partial charge in [0, 0.05) is 37.4 Å². The smallest absolute Gasteiger partial charge is 0.252 e. The lowest BCUT2D eigenvalue weighted by molar-refractivity contribution is -0.888. The Morgan fingerprint density at radius 2 is 1.92 bits per heavy atom. The third-order valence-electron chi connectivity index (χ3n) is 14.6. The monoisotopic (exact) mass is 825 g/mol. The maximum Gasteiger partial charge on any atom is 0.252 e. The molecule has 5 aliphatic heterocycles. The molecule has 2 bridgehead atoms. The summed E-state index contributed by atoms with van der Waals surface area (Å²) in [4.78, 5) is 20.1. The van der Waals surface area contributed by atoms with Crippen LogP contribution in [0.5, 0.6) is 11.5 Å². The fraction of sp³-hybridized carbons (Fsp3) is 0.529. The maximum absolute atomic E-state index is 14.0. The molecule has 5 heterocycles. The SMILES string of the molecule is CCCCCC(C(=O)CCc1ccc2c(c1)OC1C(C#CC(O)c3ccc4c(c3CC3=CN=C5C[NH+]1C=C35)CCNC4N)C1(C#CO2)CCCC1)C(O)C1C=CC(C)CC1O. The van der Waals surface area contributed by atoms with Crippen LogP contribution in [-0.2, 0) is 24.1 Å². The van der Waals surface area contributed by atoms with Gasteiger partial charge in [-0.05, 0) is 90.0 Å². The van der Waals surface area contributed by atoms with Crippen molar-refractivity contribution in [3.8, 4) is 35.4 Å². The minimum absolute atomic E-state index is 0.0108. The average Bonchev–Trinajstić information content (AvgIpc) is 4.00. The molecule has 10 atom stereocenters. The van der Waals surface area contributed by atoms with Crippen LogP contribution in [0.15, 0.2) is 71.0 Å². The third-order valence-corrected chi connectivity index (χ3v) is 14.6. The van der Waals surface area contributed by atoms with Crippen LogP contribution >= 0.6 is 0 Å². The average molecular weight is 826 g/mol. The van der Waals surface area contributed by atoms with Crippen molar-refractivity contribution in [1.82, 2.24) is 5.32 Å². The van der Waals surface area contributed by atoms with Gasteiger partial charge in [0.1, 0.15) is 42.4 Å². The zero-order valence-electron chi connectivity index (χ0n) is 35.6. The number of fused-ring (bicyclic) bond motifs is 8. The molecule has 2 aromatic carbocycles. The standard InChI is InChI=1S/C51H60N4O6/c1-3-4-5-8-37(48(59)38-12-9-31(2)25-45(38)58)44(57)16-10-32-11-18-46-47(26-32)61-50-41(51(22-24-60-46)20-6-7-21-51)15-17-43(56)35-13-14-36-34(19-23-53-49(36)52)39(35)27-33-28-54-42-30-55(50)29-40(33)42/h9,11-14,18,26,28-29,31,37-38,41,43,45,48-50,53,56,58-59H,3-8,10,16,19-21,23,25,27,30,52H2,1-2H3/p+1. The first-order chi connectivity index (χ1) is 29.6. The summed E-state index contributed by atoms with van der Waals surface area (Å²) in [6, 6.07) is 9.84. The fourth-order valence-corrected chi connectivity index (χ4v) is 11.1. The number of rotatable bonds is 10. The molecular weight excluding hydrogens is 765 g/mol. The summed E-state index contributed by atoms with van der Waals surface area (Å²) >= 11 is 0. The van der Waals surface area contributed by atoms with Gasteiger partial charge in [0.05, 0.1) is 29.4 Å². The number of allylic oxidation sites excluding steroid dienone is 2. The number of aliphatic imine (C=N–C) groups is 1. The molecule has 0 saturated heterocycles. The number of quaternary nitrogens is 1. The van der Waals surface area contributed by atoms with Crippen LogP contribution in [0.2, 0.25) is 0 Å². The number of aliphatic hydroxyl groups excluding tert-OH is 3. The fourth-order valence-electron chi connectivity index (χ4n) is 11.1. The lowest BCUT2D eigenvalue weighted by Crippen LogP contribution is -3.13. The molecule has 0 amide bonds. The number of aryl methyl sites for hydroxylation is 1. The molecule has 9 rings (SSSR count). The number of carbonyl (C=O) groups excluding carboxylic acids is 1. The van der Waals surface area contributed by atoms with E-state index >= 15 is 0 Å². The van der Waals surface area contributed by atoms with Crippen molar-refractivity contribution in [2.75, 3.05) is 13.1 Å². The highest BCUT2D eigenvalue weighted by Crippen LogP contribution is 2.47. The van der Waals surface area contributed by atoms with Gasteiger partial charge < -0.3 is 30.5 Å². The zero-order valence-corrected chi connectivity index (χ0v) is 35.6. The minimum Gasteiger partial charge on any atom is -0.437 e. The number of unbranched alkanes of at least 4 members (excludes halogenated alkanes) is 2. The molecule has 0 aromatic heterocycles. The molecule has 0 radical (unpaired) electrons. The molecule has 2 aromatic rings. The van der Waals surface area contributed by atoms with Crippen LogP contribution < -0.4 is 25.4 Å². The highest BCUT2D eigenvalue weighted by molar-refractivity contribution is 6.08. The van der Waals surface area contributed by atoms with E-state index in [0.717, 1.165) is 102 Å². The molecule has 320 valence electrons. The number of aliphatic hydroxyl groups is 3. The summed E-state index contributed by atoms with van der Waals surface area (Å²) < 4.78 is 13.4. The topological polar surface area (TPSA) is 151 Å². The van der Waals surface area contributed by atoms with Gasteiger partial charge in [-0.2, -0.15) is 0 Å². The van der Waals surface area contributed by atoms with Crippen molar-refractivity contribution in [3.63, 3.8) is 0 Å². The van der Waals surface area contributed by atoms with Gasteiger partial charge in [-0.3, -0.25) is 20.0 Å². The second-order valence-electron chi connectivity index (χ2n) is 18.6. The maximum atomic E-state index is 14.0. The molecule has 10 unspecified atom stereocenters. The number of Topliss-reactive ketones (excluding diaryl/α,β-unsaturated/α-hetero) is 1. The lowest BCUT2D eigenvalue weighted by atomic mass is 9.73. The predicted molar refractivity (Wildman–Crippen MR) is 234 cm³/mol. The molecule has 7 aliphatic rings. The van der Waals surface area contributed by atoms with E-state index in [0.29, 0.717) is 43.7 Å². The molecule has 7 N–H and O–H groups in total. The van der Waals surface area contributed by atoms with E-state index in [1.165, 1.54) is 5.56 Å². The number of nitrogens with one attached hydrogen (secondary N) is 2. The van der Waals surface area contributed by atoms with Crippen LogP contribution in [0.25, 0.3) is 0 Å². The van der Waals surface area contributed by atoms with Gasteiger partial charge in [-0.1, -0.05) is 94.1 Å². The summed E-state index contributed by atoms with van der Waals surface area (Å²) in [7, 11) is 0. The second-order valence-corrected chi connectivity index (χ2v) is 18.6. The molecule has 10 heteroatoms. The third kappa shape index (κ3) is 8.27. The summed E-state index contributed by atoms with van der Waals surface area (Å²) in [5, 5.41) is 37.9. The number of ketones is 1. The molecule has 1 fully saturated rings. The summed E-state index contributed by atoms with van der Waals surface area (Å²) in [6.45, 7) is 5.57. The summed E-state index contributed by atoms with van der Waals surface area (Å²) in [6.07, 6.45) is 17.7. The normalized spacial score (nSPS) is 30.1. The first-order valence-corrected chi connectivity index (χ1v) is 22.8. The molecule has 1 spiro atoms. The van der Waals surface area contributed by atoms with Crippen molar-refractivity contribution < 1.29 is 34.5 Å². The van der Waals surface area contributed by atoms with Crippen molar-refractivity contribution in [3.05, 3.63) is 93.8 Å². The summed E-state index contributed by atoms with van der Waals surface area (Å²) in [5.74, 6) is 10.4. The van der Waals surface area contributed by atoms with E-state index in [1.54, 1.807) is 0 Å². The minimum atomic E-state index is -1.03. The van der Waals surface area contributed by atoms with Crippen molar-refractivity contribution >= 4 is 11.5 Å². The van der Waals surface area contributed by atoms with E-state index in [9.17, 15) is 20.1 Å². The Bertz CT molecular complexity index is 2280. The summed E-state index contributed by atoms with van der Waals surface area (Å²) in [5.41, 5.74) is 14.3. The van der Waals surface area contributed by atoms with E-state index in [4.69, 9.17) is 20.2 Å². The molecular formula is C51H61N4O6+. The predicted octanol–water partition coefficient (Wildman–Crippen LogP) is 5.07. The molecule has 10 nitrogen and oxygen atoms in total. The highest BCUT2D eigenvalue weighted by atomic mass is 16.5. The Hall–Kier alpha value is -4.52. The van der Waals surface area contributed by atoms with Crippen LogP contribution in [-0.4, -0.2) is 58.3 Å². The molecule has 1 saturated carbocycles. The molecule has 2 aliphatic carbocycles. The Balaban J connectivity index is 1.04. The largest absolute Gasteiger partial charge is 0.437 e. The van der Waals surface area contributed by atoms with Crippen molar-refractivity contribution in [2.45, 2.75) is 128 Å². The van der Waals surface area contributed by atoms with Crippen LogP contribution in [0.3, 0.4) is 0 Å². The zero-order chi connectivity index (χ0) is 42.3. The first-order valence-electron chi connectivity index (χ1n) is 22.8. The quantitative estimate of drug-likeness (QED) is 0.111. The van der Waals surface area contributed by atoms with Gasteiger partial charge in [0.25, 0.3) is 6.23 Å². The van der Waals surface area contributed by atoms with Crippen LogP contribution in [0.4, 0.5) is 0 Å². The van der Waals surface area contributed by atoms with E-state index in [-0.39, 0.29) is 30.2 Å². The number of benzene rings is 2. The van der Waals surface area contributed by atoms with Gasteiger partial charge in [0.15, 0.2) is 11.5 Å². The number of hydrogen-bond acceptors (Lipinski definition) is 9. The van der Waals surface area contributed by atoms with Gasteiger partial charge in [-0.15, -0.1) is 0 Å². The van der Waals surface area contributed by atoms with Crippen LogP contribution in [0, 0.1) is 53.0 Å². The number of carbonyl (C=O) groups is 1. The number of nitrogens with two attached hydrogens (primary N) is 1. The van der Waals surface area contributed by atoms with E-state index < -0.39 is 41.8 Å². The number of ether oxygens (including phenoxy) is 2. The second kappa shape index (κ2) is 17.7. The Kier molecular flexibility index (Phi) is 12.1. The van der Waals surface area contributed by atoms with Gasteiger partial charge >= 0.3 is 0 Å². The van der Waals surface area contributed by atoms with Gasteiger partial charge in [-0.25, -0.2) is 0 Å². The van der Waals surface area contributed by atoms with Crippen molar-refractivity contribution in [2.24, 2.45) is 39.8 Å². The van der Waals surface area contributed by atoms with Crippen LogP contribution in [0.1, 0.15) is 118 Å². The van der Waals surface area contributed by atoms with Gasteiger partial charge in [0.2, 0.25) is 0 Å².